The molecule has 1 saturated carbocycles. The molecule has 1 unspecified atom stereocenters. The van der Waals surface area contributed by atoms with Gasteiger partial charge in [-0.2, -0.15) is 0 Å². The average Bonchev–Trinajstić information content (AvgIpc) is 2.92. The van der Waals surface area contributed by atoms with Crippen molar-refractivity contribution in [2.45, 2.75) is 45.6 Å². The Bertz CT molecular complexity index is 493. The van der Waals surface area contributed by atoms with E-state index in [1.807, 2.05) is 31.2 Å². The van der Waals surface area contributed by atoms with E-state index in [1.165, 1.54) is 6.92 Å². The van der Waals surface area contributed by atoms with Crippen molar-refractivity contribution in [2.75, 3.05) is 5.32 Å². The van der Waals surface area contributed by atoms with Crippen LogP contribution in [-0.2, 0) is 9.59 Å². The number of aryl methyl sites for hydroxylation is 1. The van der Waals surface area contributed by atoms with Crippen LogP contribution in [0.25, 0.3) is 0 Å². The lowest BCUT2D eigenvalue weighted by molar-refractivity contribution is -0.126. The molecule has 0 aromatic heterocycles. The highest BCUT2D eigenvalue weighted by Crippen LogP contribution is 2.28. The molecule has 0 saturated heterocycles. The molecule has 1 aromatic carbocycles. The van der Waals surface area contributed by atoms with Crippen molar-refractivity contribution in [3.63, 3.8) is 0 Å². The van der Waals surface area contributed by atoms with Gasteiger partial charge in [0.15, 0.2) is 0 Å². The number of hydrogen-bond donors (Lipinski definition) is 2. The predicted molar refractivity (Wildman–Crippen MR) is 79.4 cm³/mol. The number of amides is 2. The van der Waals surface area contributed by atoms with Gasteiger partial charge in [0.1, 0.15) is 6.04 Å². The zero-order valence-corrected chi connectivity index (χ0v) is 12.1. The van der Waals surface area contributed by atoms with Gasteiger partial charge in [-0.25, -0.2) is 0 Å². The van der Waals surface area contributed by atoms with Crippen molar-refractivity contribution >= 4 is 17.5 Å². The van der Waals surface area contributed by atoms with Crippen molar-refractivity contribution in [2.24, 2.45) is 5.92 Å². The molecular formula is C16H22N2O2. The summed E-state index contributed by atoms with van der Waals surface area (Å²) in [6, 6.07) is 7.25. The Labute approximate surface area is 119 Å². The molecule has 20 heavy (non-hydrogen) atoms. The molecule has 1 aliphatic carbocycles. The van der Waals surface area contributed by atoms with Gasteiger partial charge in [-0.3, -0.25) is 9.59 Å². The van der Waals surface area contributed by atoms with Gasteiger partial charge in [0, 0.05) is 12.6 Å². The number of rotatable bonds is 4. The van der Waals surface area contributed by atoms with Gasteiger partial charge in [0.05, 0.1) is 0 Å². The Morgan fingerprint density at radius 2 is 1.85 bits per heavy atom. The third kappa shape index (κ3) is 3.59. The van der Waals surface area contributed by atoms with Crippen LogP contribution in [0.15, 0.2) is 24.3 Å². The lowest BCUT2D eigenvalue weighted by Crippen LogP contribution is -2.47. The molecule has 0 spiro atoms. The molecule has 4 nitrogen and oxygen atoms in total. The van der Waals surface area contributed by atoms with Gasteiger partial charge in [0.25, 0.3) is 0 Å². The number of carbonyl (C=O) groups is 2. The van der Waals surface area contributed by atoms with Gasteiger partial charge in [0.2, 0.25) is 11.8 Å². The number of nitrogens with one attached hydrogen (secondary N) is 2. The molecule has 0 heterocycles. The molecule has 1 aliphatic rings. The third-order valence-corrected chi connectivity index (χ3v) is 3.92. The molecule has 0 radical (unpaired) electrons. The van der Waals surface area contributed by atoms with Crippen LogP contribution in [0.4, 0.5) is 5.69 Å². The fraction of sp³-hybridized carbons (Fsp3) is 0.500. The Morgan fingerprint density at radius 3 is 2.45 bits per heavy atom. The second kappa shape index (κ2) is 6.55. The van der Waals surface area contributed by atoms with E-state index in [9.17, 15) is 9.59 Å². The van der Waals surface area contributed by atoms with Crippen LogP contribution in [0.1, 0.15) is 38.2 Å². The van der Waals surface area contributed by atoms with E-state index in [0.29, 0.717) is 0 Å². The van der Waals surface area contributed by atoms with E-state index in [-0.39, 0.29) is 17.7 Å². The summed E-state index contributed by atoms with van der Waals surface area (Å²) in [6.07, 6.45) is 4.29. The highest BCUT2D eigenvalue weighted by Gasteiger charge is 2.31. The Morgan fingerprint density at radius 1 is 1.20 bits per heavy atom. The van der Waals surface area contributed by atoms with E-state index in [0.717, 1.165) is 36.9 Å². The molecular weight excluding hydrogens is 252 g/mol. The van der Waals surface area contributed by atoms with E-state index >= 15 is 0 Å². The summed E-state index contributed by atoms with van der Waals surface area (Å²) < 4.78 is 0. The summed E-state index contributed by atoms with van der Waals surface area (Å²) in [5, 5.41) is 5.75. The number of hydrogen-bond acceptors (Lipinski definition) is 2. The first-order chi connectivity index (χ1) is 9.58. The zero-order valence-electron chi connectivity index (χ0n) is 12.1. The highest BCUT2D eigenvalue weighted by molar-refractivity contribution is 5.97. The molecule has 1 atom stereocenters. The van der Waals surface area contributed by atoms with Crippen LogP contribution in [0, 0.1) is 12.8 Å². The average molecular weight is 274 g/mol. The summed E-state index contributed by atoms with van der Waals surface area (Å²) in [4.78, 5) is 23.8. The predicted octanol–water partition coefficient (Wildman–Crippen LogP) is 2.63. The lowest BCUT2D eigenvalue weighted by Gasteiger charge is -2.23. The van der Waals surface area contributed by atoms with E-state index in [1.54, 1.807) is 0 Å². The summed E-state index contributed by atoms with van der Waals surface area (Å²) in [6.45, 7) is 3.42. The quantitative estimate of drug-likeness (QED) is 0.886. The SMILES string of the molecule is CC(=O)NC(C(=O)Nc1ccccc1C)C1CCCC1. The monoisotopic (exact) mass is 274 g/mol. The minimum Gasteiger partial charge on any atom is -0.344 e. The van der Waals surface area contributed by atoms with Gasteiger partial charge >= 0.3 is 0 Å². The first kappa shape index (κ1) is 14.6. The minimum absolute atomic E-state index is 0.110. The second-order valence-corrected chi connectivity index (χ2v) is 5.53. The molecule has 1 aromatic rings. The molecule has 0 aliphatic heterocycles. The molecule has 2 rings (SSSR count). The largest absolute Gasteiger partial charge is 0.344 e. The van der Waals surface area contributed by atoms with Crippen LogP contribution in [0.2, 0.25) is 0 Å². The maximum absolute atomic E-state index is 12.5. The fourth-order valence-electron chi connectivity index (χ4n) is 2.83. The van der Waals surface area contributed by atoms with Gasteiger partial charge in [-0.05, 0) is 37.3 Å². The van der Waals surface area contributed by atoms with Gasteiger partial charge in [-0.15, -0.1) is 0 Å². The van der Waals surface area contributed by atoms with Crippen LogP contribution >= 0.6 is 0 Å². The van der Waals surface area contributed by atoms with Crippen molar-refractivity contribution in [3.05, 3.63) is 29.8 Å². The number of para-hydroxylation sites is 1. The molecule has 108 valence electrons. The second-order valence-electron chi connectivity index (χ2n) is 5.53. The smallest absolute Gasteiger partial charge is 0.247 e. The van der Waals surface area contributed by atoms with Crippen LogP contribution < -0.4 is 10.6 Å². The minimum atomic E-state index is -0.422. The summed E-state index contributed by atoms with van der Waals surface area (Å²) >= 11 is 0. The van der Waals surface area contributed by atoms with Crippen molar-refractivity contribution in [1.29, 1.82) is 0 Å². The Balaban J connectivity index is 2.09. The van der Waals surface area contributed by atoms with Crippen LogP contribution in [0.3, 0.4) is 0 Å². The summed E-state index contributed by atoms with van der Waals surface area (Å²) in [5.41, 5.74) is 1.83. The first-order valence-electron chi connectivity index (χ1n) is 7.21. The maximum Gasteiger partial charge on any atom is 0.247 e. The normalized spacial score (nSPS) is 16.7. The van der Waals surface area contributed by atoms with E-state index in [4.69, 9.17) is 0 Å². The molecule has 1 fully saturated rings. The molecule has 4 heteroatoms. The third-order valence-electron chi connectivity index (χ3n) is 3.92. The van der Waals surface area contributed by atoms with Gasteiger partial charge in [-0.1, -0.05) is 31.0 Å². The fourth-order valence-corrected chi connectivity index (χ4v) is 2.83. The first-order valence-corrected chi connectivity index (χ1v) is 7.21. The maximum atomic E-state index is 12.5. The highest BCUT2D eigenvalue weighted by atomic mass is 16.2. The molecule has 2 N–H and O–H groups in total. The number of anilines is 1. The summed E-state index contributed by atoms with van der Waals surface area (Å²) in [7, 11) is 0. The number of carbonyl (C=O) groups excluding carboxylic acids is 2. The Hall–Kier alpha value is -1.84. The summed E-state index contributed by atoms with van der Waals surface area (Å²) in [5.74, 6) is -0.00819. The van der Waals surface area contributed by atoms with E-state index in [2.05, 4.69) is 10.6 Å². The standard InChI is InChI=1S/C16H22N2O2/c1-11-7-3-6-10-14(11)18-16(20)15(17-12(2)19)13-8-4-5-9-13/h3,6-7,10,13,15H,4-5,8-9H2,1-2H3,(H,17,19)(H,18,20). The Kier molecular flexibility index (Phi) is 4.77. The molecule has 0 bridgehead atoms. The zero-order chi connectivity index (χ0) is 14.5. The van der Waals surface area contributed by atoms with Crippen molar-refractivity contribution in [1.82, 2.24) is 5.32 Å². The van der Waals surface area contributed by atoms with Crippen LogP contribution in [0.5, 0.6) is 0 Å². The van der Waals surface area contributed by atoms with Gasteiger partial charge < -0.3 is 10.6 Å². The number of benzene rings is 1. The van der Waals surface area contributed by atoms with Crippen molar-refractivity contribution < 1.29 is 9.59 Å². The topological polar surface area (TPSA) is 58.2 Å². The molecule has 2 amide bonds. The van der Waals surface area contributed by atoms with Crippen LogP contribution in [-0.4, -0.2) is 17.9 Å². The lowest BCUT2D eigenvalue weighted by atomic mass is 9.97. The van der Waals surface area contributed by atoms with Crippen molar-refractivity contribution in [3.8, 4) is 0 Å². The van der Waals surface area contributed by atoms with E-state index < -0.39 is 6.04 Å².